The van der Waals surface area contributed by atoms with E-state index in [2.05, 4.69) is 20.9 Å². The van der Waals surface area contributed by atoms with Crippen LogP contribution in [0.15, 0.2) is 29.3 Å². The fraction of sp³-hybridized carbons (Fsp3) is 0.462. The Balaban J connectivity index is 2.35. The largest absolute Gasteiger partial charge is 0.383 e. The summed E-state index contributed by atoms with van der Waals surface area (Å²) in [5, 5.41) is 20.1. The molecule has 0 unspecified atom stereocenters. The Morgan fingerprint density at radius 2 is 2.00 bits per heavy atom. The highest BCUT2D eigenvalue weighted by atomic mass is 16.6. The van der Waals surface area contributed by atoms with Crippen molar-refractivity contribution in [3.05, 3.63) is 34.4 Å². The van der Waals surface area contributed by atoms with Gasteiger partial charge in [-0.1, -0.05) is 12.1 Å². The van der Waals surface area contributed by atoms with Crippen LogP contribution in [0.25, 0.3) is 0 Å². The number of rotatable bonds is 8. The molecule has 0 aliphatic carbocycles. The highest BCUT2D eigenvalue weighted by molar-refractivity contribution is 5.79. The Labute approximate surface area is 123 Å². The second-order valence-corrected chi connectivity index (χ2v) is 4.12. The topological polar surface area (TPSA) is 101 Å². The van der Waals surface area contributed by atoms with Gasteiger partial charge in [0, 0.05) is 39.9 Å². The van der Waals surface area contributed by atoms with Gasteiger partial charge < -0.3 is 20.7 Å². The van der Waals surface area contributed by atoms with Crippen LogP contribution in [0.4, 0.5) is 11.4 Å². The molecule has 0 fully saturated rings. The molecule has 0 saturated carbocycles. The van der Waals surface area contributed by atoms with Gasteiger partial charge in [-0.3, -0.25) is 15.1 Å². The van der Waals surface area contributed by atoms with Crippen LogP contribution in [0.1, 0.15) is 0 Å². The lowest BCUT2D eigenvalue weighted by molar-refractivity contribution is -0.384. The van der Waals surface area contributed by atoms with Gasteiger partial charge in [0.25, 0.3) is 5.69 Å². The molecule has 0 amide bonds. The fourth-order valence-corrected chi connectivity index (χ4v) is 1.65. The maximum absolute atomic E-state index is 10.9. The van der Waals surface area contributed by atoms with Crippen LogP contribution in [0.3, 0.4) is 0 Å². The molecule has 0 saturated heterocycles. The van der Waals surface area contributed by atoms with E-state index in [4.69, 9.17) is 4.74 Å². The third-order valence-corrected chi connectivity index (χ3v) is 2.66. The van der Waals surface area contributed by atoms with Gasteiger partial charge in [0.1, 0.15) is 5.69 Å². The summed E-state index contributed by atoms with van der Waals surface area (Å²) in [5.74, 6) is 0.663. The van der Waals surface area contributed by atoms with Crippen LogP contribution in [0.5, 0.6) is 0 Å². The van der Waals surface area contributed by atoms with Crippen LogP contribution in [0.2, 0.25) is 0 Å². The van der Waals surface area contributed by atoms with E-state index in [-0.39, 0.29) is 5.69 Å². The van der Waals surface area contributed by atoms with Gasteiger partial charge in [0.05, 0.1) is 11.5 Å². The van der Waals surface area contributed by atoms with Gasteiger partial charge in [0.15, 0.2) is 5.96 Å². The van der Waals surface area contributed by atoms with Crippen molar-refractivity contribution < 1.29 is 9.66 Å². The average Bonchev–Trinajstić information content (AvgIpc) is 2.50. The number of benzene rings is 1. The van der Waals surface area contributed by atoms with Gasteiger partial charge in [-0.15, -0.1) is 0 Å². The van der Waals surface area contributed by atoms with Crippen molar-refractivity contribution in [3.63, 3.8) is 0 Å². The van der Waals surface area contributed by atoms with Crippen molar-refractivity contribution in [2.45, 2.75) is 0 Å². The summed E-state index contributed by atoms with van der Waals surface area (Å²) in [4.78, 5) is 14.5. The predicted octanol–water partition coefficient (Wildman–Crippen LogP) is 0.818. The number of hydrogen-bond donors (Lipinski definition) is 3. The average molecular weight is 295 g/mol. The molecule has 0 aromatic heterocycles. The van der Waals surface area contributed by atoms with E-state index < -0.39 is 4.92 Å². The molecule has 8 heteroatoms. The van der Waals surface area contributed by atoms with Gasteiger partial charge in [-0.25, -0.2) is 0 Å². The Morgan fingerprint density at radius 3 is 2.67 bits per heavy atom. The first kappa shape index (κ1) is 16.7. The molecule has 0 spiro atoms. The number of guanidine groups is 1. The highest BCUT2D eigenvalue weighted by Gasteiger charge is 2.11. The predicted molar refractivity (Wildman–Crippen MR) is 82.8 cm³/mol. The minimum Gasteiger partial charge on any atom is -0.383 e. The number of nitro groups is 1. The summed E-state index contributed by atoms with van der Waals surface area (Å²) >= 11 is 0. The van der Waals surface area contributed by atoms with Crippen molar-refractivity contribution in [1.29, 1.82) is 0 Å². The van der Waals surface area contributed by atoms with Crippen LogP contribution in [-0.2, 0) is 4.74 Å². The lowest BCUT2D eigenvalue weighted by Crippen LogP contribution is -2.40. The van der Waals surface area contributed by atoms with Crippen molar-refractivity contribution in [1.82, 2.24) is 10.6 Å². The Kier molecular flexibility index (Phi) is 7.59. The van der Waals surface area contributed by atoms with Crippen LogP contribution < -0.4 is 16.0 Å². The van der Waals surface area contributed by atoms with Crippen molar-refractivity contribution in [2.24, 2.45) is 4.99 Å². The number of nitrogens with one attached hydrogen (secondary N) is 3. The first-order chi connectivity index (χ1) is 10.2. The second-order valence-electron chi connectivity index (χ2n) is 4.12. The normalized spacial score (nSPS) is 11.0. The number of hydrogen-bond acceptors (Lipinski definition) is 5. The molecule has 0 aliphatic heterocycles. The quantitative estimate of drug-likeness (QED) is 0.216. The van der Waals surface area contributed by atoms with E-state index in [9.17, 15) is 10.1 Å². The first-order valence-electron chi connectivity index (χ1n) is 6.59. The molecule has 0 aliphatic rings. The third-order valence-electron chi connectivity index (χ3n) is 2.66. The molecule has 3 N–H and O–H groups in total. The zero-order chi connectivity index (χ0) is 15.5. The molecule has 1 aromatic carbocycles. The van der Waals surface area contributed by atoms with E-state index in [1.165, 1.54) is 6.07 Å². The lowest BCUT2D eigenvalue weighted by Gasteiger charge is -2.12. The van der Waals surface area contributed by atoms with E-state index in [0.717, 1.165) is 0 Å². The zero-order valence-electron chi connectivity index (χ0n) is 12.3. The number of para-hydroxylation sites is 2. The van der Waals surface area contributed by atoms with Gasteiger partial charge in [0.2, 0.25) is 0 Å². The molecule has 8 nitrogen and oxygen atoms in total. The van der Waals surface area contributed by atoms with Crippen molar-refractivity contribution in [2.75, 3.05) is 45.7 Å². The molecular formula is C13H21N5O3. The summed E-state index contributed by atoms with van der Waals surface area (Å²) in [6.07, 6.45) is 0. The molecule has 0 bridgehead atoms. The number of anilines is 1. The Bertz CT molecular complexity index is 479. The molecular weight excluding hydrogens is 274 g/mol. The highest BCUT2D eigenvalue weighted by Crippen LogP contribution is 2.22. The minimum absolute atomic E-state index is 0.0695. The monoisotopic (exact) mass is 295 g/mol. The Hall–Kier alpha value is -2.35. The SMILES string of the molecule is CN=C(NCCNc1ccccc1[N+](=O)[O-])NCCOC. The van der Waals surface area contributed by atoms with E-state index >= 15 is 0 Å². The molecule has 0 heterocycles. The summed E-state index contributed by atoms with van der Waals surface area (Å²) in [7, 11) is 3.31. The van der Waals surface area contributed by atoms with Gasteiger partial charge in [-0.2, -0.15) is 0 Å². The molecule has 0 radical (unpaired) electrons. The number of nitro benzene ring substituents is 1. The second kappa shape index (κ2) is 9.54. The van der Waals surface area contributed by atoms with Crippen LogP contribution >= 0.6 is 0 Å². The molecule has 21 heavy (non-hydrogen) atoms. The summed E-state index contributed by atoms with van der Waals surface area (Å²) in [6, 6.07) is 6.56. The van der Waals surface area contributed by atoms with E-state index in [0.29, 0.717) is 37.9 Å². The summed E-state index contributed by atoms with van der Waals surface area (Å²) in [5.41, 5.74) is 0.576. The third kappa shape index (κ3) is 6.09. The number of nitrogens with zero attached hydrogens (tertiary/aromatic N) is 2. The number of methoxy groups -OCH3 is 1. The summed E-state index contributed by atoms with van der Waals surface area (Å²) in [6.45, 7) is 2.37. The zero-order valence-corrected chi connectivity index (χ0v) is 12.3. The maximum atomic E-state index is 10.9. The maximum Gasteiger partial charge on any atom is 0.292 e. The van der Waals surface area contributed by atoms with E-state index in [1.54, 1.807) is 32.4 Å². The van der Waals surface area contributed by atoms with Gasteiger partial charge >= 0.3 is 0 Å². The van der Waals surface area contributed by atoms with Crippen molar-refractivity contribution in [3.8, 4) is 0 Å². The van der Waals surface area contributed by atoms with Gasteiger partial charge in [-0.05, 0) is 6.07 Å². The molecule has 1 aromatic rings. The van der Waals surface area contributed by atoms with E-state index in [1.807, 2.05) is 0 Å². The minimum atomic E-state index is -0.402. The van der Waals surface area contributed by atoms with Crippen molar-refractivity contribution >= 4 is 17.3 Å². The standard InChI is InChI=1S/C13H21N5O3/c1-14-13(17-9-10-21-2)16-8-7-15-11-5-3-4-6-12(11)18(19)20/h3-6,15H,7-10H2,1-2H3,(H2,14,16,17). The molecule has 1 rings (SSSR count). The lowest BCUT2D eigenvalue weighted by atomic mass is 10.2. The fourth-order valence-electron chi connectivity index (χ4n) is 1.65. The van der Waals surface area contributed by atoms with Crippen LogP contribution in [-0.4, -0.2) is 51.3 Å². The first-order valence-corrected chi connectivity index (χ1v) is 6.59. The molecule has 116 valence electrons. The van der Waals surface area contributed by atoms with Crippen LogP contribution in [0, 0.1) is 10.1 Å². The Morgan fingerprint density at radius 1 is 1.29 bits per heavy atom. The number of ether oxygens (including phenoxy) is 1. The smallest absolute Gasteiger partial charge is 0.292 e. The number of aliphatic imine (C=N–C) groups is 1. The summed E-state index contributed by atoms with van der Waals surface area (Å²) < 4.78 is 4.93. The molecule has 0 atom stereocenters.